The van der Waals surface area contributed by atoms with Crippen LogP contribution in [0.5, 0.6) is 0 Å². The summed E-state index contributed by atoms with van der Waals surface area (Å²) in [5, 5.41) is 6.76. The quantitative estimate of drug-likeness (QED) is 0.872. The first-order valence-corrected chi connectivity index (χ1v) is 6.93. The van der Waals surface area contributed by atoms with Gasteiger partial charge in [-0.1, -0.05) is 5.16 Å². The third-order valence-electron chi connectivity index (χ3n) is 4.19. The first-order valence-electron chi connectivity index (χ1n) is 6.93. The number of rotatable bonds is 5. The van der Waals surface area contributed by atoms with E-state index in [4.69, 9.17) is 9.26 Å². The molecular weight excluding hydrogens is 258 g/mol. The minimum Gasteiger partial charge on any atom is -0.382 e. The Bertz CT molecular complexity index is 467. The second-order valence-electron chi connectivity index (χ2n) is 5.37. The molecule has 1 aromatic heterocycles. The van der Waals surface area contributed by atoms with E-state index in [1.165, 1.54) is 0 Å². The highest BCUT2D eigenvalue weighted by Gasteiger charge is 2.47. The molecule has 1 saturated heterocycles. The van der Waals surface area contributed by atoms with Gasteiger partial charge in [0.2, 0.25) is 5.91 Å². The van der Waals surface area contributed by atoms with Crippen molar-refractivity contribution in [3.63, 3.8) is 0 Å². The van der Waals surface area contributed by atoms with Crippen LogP contribution in [0.1, 0.15) is 29.9 Å². The normalized spacial score (nSPS) is 23.2. The predicted octanol–water partition coefficient (Wildman–Crippen LogP) is 1.02. The molecule has 1 fully saturated rings. The van der Waals surface area contributed by atoms with Gasteiger partial charge in [-0.05, 0) is 33.2 Å². The van der Waals surface area contributed by atoms with Crippen LogP contribution in [0.15, 0.2) is 4.52 Å². The third-order valence-corrected chi connectivity index (χ3v) is 4.19. The summed E-state index contributed by atoms with van der Waals surface area (Å²) in [6.45, 7) is 5.78. The van der Waals surface area contributed by atoms with E-state index < -0.39 is 5.54 Å². The molecule has 0 saturated carbocycles. The van der Waals surface area contributed by atoms with Gasteiger partial charge in [-0.15, -0.1) is 0 Å². The Labute approximate surface area is 119 Å². The van der Waals surface area contributed by atoms with Gasteiger partial charge in [0.05, 0.1) is 12.3 Å². The van der Waals surface area contributed by atoms with Crippen molar-refractivity contribution >= 4 is 5.91 Å². The number of aryl methyl sites for hydroxylation is 2. The van der Waals surface area contributed by atoms with E-state index in [1.54, 1.807) is 14.2 Å². The number of ether oxygens (including phenoxy) is 1. The van der Waals surface area contributed by atoms with Crippen molar-refractivity contribution in [3.05, 3.63) is 17.0 Å². The number of likely N-dealkylation sites (tertiary alicyclic amines) is 1. The van der Waals surface area contributed by atoms with Crippen LogP contribution in [-0.4, -0.2) is 48.8 Å². The predicted molar refractivity (Wildman–Crippen MR) is 74.3 cm³/mol. The summed E-state index contributed by atoms with van der Waals surface area (Å²) >= 11 is 0. The molecular formula is C14H23N3O3. The summed E-state index contributed by atoms with van der Waals surface area (Å²) in [7, 11) is 3.31. The molecule has 0 bridgehead atoms. The maximum absolute atomic E-state index is 12.4. The van der Waals surface area contributed by atoms with Crippen molar-refractivity contribution in [2.45, 2.75) is 38.8 Å². The molecule has 2 heterocycles. The van der Waals surface area contributed by atoms with E-state index in [0.29, 0.717) is 13.2 Å². The van der Waals surface area contributed by atoms with Crippen molar-refractivity contribution in [1.29, 1.82) is 0 Å². The molecule has 1 aromatic rings. The van der Waals surface area contributed by atoms with Crippen molar-refractivity contribution in [2.24, 2.45) is 0 Å². The lowest BCUT2D eigenvalue weighted by Gasteiger charge is -2.36. The highest BCUT2D eigenvalue weighted by atomic mass is 16.5. The lowest BCUT2D eigenvalue weighted by molar-refractivity contribution is -0.135. The van der Waals surface area contributed by atoms with Gasteiger partial charge >= 0.3 is 0 Å². The Hall–Kier alpha value is -1.40. The molecule has 112 valence electrons. The van der Waals surface area contributed by atoms with Crippen LogP contribution in [0.25, 0.3) is 0 Å². The van der Waals surface area contributed by atoms with Crippen LogP contribution >= 0.6 is 0 Å². The van der Waals surface area contributed by atoms with Crippen LogP contribution in [0.2, 0.25) is 0 Å². The van der Waals surface area contributed by atoms with E-state index in [1.807, 2.05) is 13.8 Å². The Morgan fingerprint density at radius 1 is 1.55 bits per heavy atom. The fraction of sp³-hybridized carbons (Fsp3) is 0.714. The molecule has 1 aliphatic heterocycles. The van der Waals surface area contributed by atoms with Gasteiger partial charge in [-0.3, -0.25) is 9.69 Å². The Kier molecular flexibility index (Phi) is 4.45. The standard InChI is InChI=1S/C14H23N3O3/c1-10-12(11(2)20-16-10)8-17-7-5-6-14(17,9-19-4)13(18)15-3/h5-9H2,1-4H3,(H,15,18). The molecule has 0 spiro atoms. The number of nitrogens with one attached hydrogen (secondary N) is 1. The SMILES string of the molecule is CNC(=O)C1(COC)CCCN1Cc1c(C)noc1C. The number of methoxy groups -OCH3 is 1. The molecule has 2 rings (SSSR count). The number of carbonyl (C=O) groups excluding carboxylic acids is 1. The van der Waals surface area contributed by atoms with Crippen molar-refractivity contribution < 1.29 is 14.1 Å². The number of hydrogen-bond donors (Lipinski definition) is 1. The van der Waals surface area contributed by atoms with Gasteiger partial charge in [-0.2, -0.15) is 0 Å². The van der Waals surface area contributed by atoms with Crippen LogP contribution in [0.3, 0.4) is 0 Å². The highest BCUT2D eigenvalue weighted by Crippen LogP contribution is 2.32. The topological polar surface area (TPSA) is 67.6 Å². The molecule has 1 atom stereocenters. The summed E-state index contributed by atoms with van der Waals surface area (Å²) in [5.74, 6) is 0.834. The molecule has 20 heavy (non-hydrogen) atoms. The highest BCUT2D eigenvalue weighted by molar-refractivity contribution is 5.86. The first-order chi connectivity index (χ1) is 9.55. The summed E-state index contributed by atoms with van der Waals surface area (Å²) in [6, 6.07) is 0. The average molecular weight is 281 g/mol. The minimum absolute atomic E-state index is 0.0172. The van der Waals surface area contributed by atoms with Crippen LogP contribution in [-0.2, 0) is 16.1 Å². The van der Waals surface area contributed by atoms with Crippen LogP contribution < -0.4 is 5.32 Å². The molecule has 1 aliphatic rings. The summed E-state index contributed by atoms with van der Waals surface area (Å²) in [4.78, 5) is 14.5. The molecule has 6 nitrogen and oxygen atoms in total. The van der Waals surface area contributed by atoms with Crippen molar-refractivity contribution in [2.75, 3.05) is 27.3 Å². The summed E-state index contributed by atoms with van der Waals surface area (Å²) < 4.78 is 10.5. The zero-order chi connectivity index (χ0) is 14.8. The van der Waals surface area contributed by atoms with E-state index >= 15 is 0 Å². The Balaban J connectivity index is 2.27. The Morgan fingerprint density at radius 2 is 2.30 bits per heavy atom. The van der Waals surface area contributed by atoms with Gasteiger partial charge < -0.3 is 14.6 Å². The van der Waals surface area contributed by atoms with E-state index in [0.717, 1.165) is 36.4 Å². The number of nitrogens with zero attached hydrogens (tertiary/aromatic N) is 2. The fourth-order valence-corrected chi connectivity index (χ4v) is 3.04. The fourth-order valence-electron chi connectivity index (χ4n) is 3.04. The maximum atomic E-state index is 12.4. The third kappa shape index (κ3) is 2.45. The van der Waals surface area contributed by atoms with Crippen molar-refractivity contribution in [3.8, 4) is 0 Å². The number of amides is 1. The zero-order valence-corrected chi connectivity index (χ0v) is 12.7. The van der Waals surface area contributed by atoms with E-state index in [2.05, 4.69) is 15.4 Å². The van der Waals surface area contributed by atoms with Crippen molar-refractivity contribution in [1.82, 2.24) is 15.4 Å². The Morgan fingerprint density at radius 3 is 2.85 bits per heavy atom. The number of likely N-dealkylation sites (N-methyl/N-ethyl adjacent to an activating group) is 1. The smallest absolute Gasteiger partial charge is 0.242 e. The molecule has 0 aliphatic carbocycles. The molecule has 6 heteroatoms. The van der Waals surface area contributed by atoms with E-state index in [9.17, 15) is 4.79 Å². The largest absolute Gasteiger partial charge is 0.382 e. The first kappa shape index (κ1) is 15.0. The molecule has 0 aromatic carbocycles. The van der Waals surface area contributed by atoms with E-state index in [-0.39, 0.29) is 5.91 Å². The minimum atomic E-state index is -0.584. The number of hydrogen-bond acceptors (Lipinski definition) is 5. The van der Waals surface area contributed by atoms with Crippen LogP contribution in [0.4, 0.5) is 0 Å². The molecule has 1 N–H and O–H groups in total. The molecule has 0 radical (unpaired) electrons. The lowest BCUT2D eigenvalue weighted by Crippen LogP contribution is -2.57. The lowest BCUT2D eigenvalue weighted by atomic mass is 9.95. The zero-order valence-electron chi connectivity index (χ0n) is 12.7. The molecule has 1 amide bonds. The average Bonchev–Trinajstić information content (AvgIpc) is 2.98. The molecule has 1 unspecified atom stereocenters. The second kappa shape index (κ2) is 5.93. The number of aromatic nitrogens is 1. The number of carbonyl (C=O) groups is 1. The monoisotopic (exact) mass is 281 g/mol. The van der Waals surface area contributed by atoms with Gasteiger partial charge in [-0.25, -0.2) is 0 Å². The summed E-state index contributed by atoms with van der Waals surface area (Å²) in [6.07, 6.45) is 1.80. The maximum Gasteiger partial charge on any atom is 0.242 e. The summed E-state index contributed by atoms with van der Waals surface area (Å²) in [5.41, 5.74) is 1.37. The van der Waals surface area contributed by atoms with Gasteiger partial charge in [0.25, 0.3) is 0 Å². The van der Waals surface area contributed by atoms with Gasteiger partial charge in [0.15, 0.2) is 0 Å². The second-order valence-corrected chi connectivity index (χ2v) is 5.37. The van der Waals surface area contributed by atoms with Gasteiger partial charge in [0, 0.05) is 26.3 Å². The van der Waals surface area contributed by atoms with Crippen LogP contribution in [0, 0.1) is 13.8 Å². The van der Waals surface area contributed by atoms with Gasteiger partial charge in [0.1, 0.15) is 11.3 Å².